The molecule has 0 aliphatic carbocycles. The zero-order chi connectivity index (χ0) is 23.2. The van der Waals surface area contributed by atoms with Crippen LogP contribution in [-0.2, 0) is 11.2 Å². The molecule has 1 unspecified atom stereocenters. The van der Waals surface area contributed by atoms with E-state index in [9.17, 15) is 4.79 Å². The van der Waals surface area contributed by atoms with Crippen LogP contribution in [0, 0.1) is 5.92 Å². The van der Waals surface area contributed by atoms with E-state index in [0.717, 1.165) is 30.5 Å². The van der Waals surface area contributed by atoms with Gasteiger partial charge in [-0.15, -0.1) is 0 Å². The van der Waals surface area contributed by atoms with Crippen molar-refractivity contribution in [1.29, 1.82) is 0 Å². The van der Waals surface area contributed by atoms with E-state index in [2.05, 4.69) is 27.2 Å². The average molecular weight is 501 g/mol. The number of thioether (sulfide) groups is 1. The number of likely N-dealkylation sites (N-methyl/N-ethyl adjacent to an activating group) is 1. The number of halogens is 2. The van der Waals surface area contributed by atoms with Gasteiger partial charge in [-0.25, -0.2) is 9.97 Å². The third-order valence-electron chi connectivity index (χ3n) is 5.89. The lowest BCUT2D eigenvalue weighted by atomic mass is 9.97. The molecule has 2 atom stereocenters. The Labute approximate surface area is 208 Å². The number of nitrogens with zero attached hydrogens (tertiary/aromatic N) is 3. The van der Waals surface area contributed by atoms with E-state index >= 15 is 0 Å². The van der Waals surface area contributed by atoms with Gasteiger partial charge in [0.25, 0.3) is 0 Å². The second-order valence-corrected chi connectivity index (χ2v) is 10.1. The third kappa shape index (κ3) is 6.70. The van der Waals surface area contributed by atoms with E-state index in [0.29, 0.717) is 39.5 Å². The summed E-state index contributed by atoms with van der Waals surface area (Å²) in [5, 5.41) is 4.85. The smallest absolute Gasteiger partial charge is 0.230 e. The van der Waals surface area contributed by atoms with Crippen LogP contribution in [0.5, 0.6) is 0 Å². The first-order valence-corrected chi connectivity index (χ1v) is 12.6. The van der Waals surface area contributed by atoms with Gasteiger partial charge in [-0.1, -0.05) is 71.4 Å². The fraction of sp³-hybridized carbons (Fsp3) is 0.320. The van der Waals surface area contributed by atoms with Crippen LogP contribution >= 0.6 is 35.0 Å². The Balaban J connectivity index is 1.20. The van der Waals surface area contributed by atoms with Gasteiger partial charge >= 0.3 is 0 Å². The minimum Gasteiger partial charge on any atom is -0.354 e. The van der Waals surface area contributed by atoms with Crippen LogP contribution in [0.1, 0.15) is 12.0 Å². The van der Waals surface area contributed by atoms with E-state index in [4.69, 9.17) is 23.2 Å². The average Bonchev–Trinajstić information content (AvgIpc) is 3.18. The number of aromatic nitrogens is 2. The molecular weight excluding hydrogens is 475 g/mol. The predicted octanol–water partition coefficient (Wildman–Crippen LogP) is 5.22. The molecule has 3 aromatic rings. The molecule has 4 rings (SSSR count). The molecule has 1 amide bonds. The highest BCUT2D eigenvalue weighted by Crippen LogP contribution is 2.28. The number of hydrogen-bond acceptors (Lipinski definition) is 5. The highest BCUT2D eigenvalue weighted by molar-refractivity contribution is 7.99. The molecule has 0 radical (unpaired) electrons. The molecule has 1 aromatic heterocycles. The van der Waals surface area contributed by atoms with Crippen molar-refractivity contribution in [1.82, 2.24) is 20.2 Å². The Morgan fingerprint density at radius 2 is 1.85 bits per heavy atom. The molecular formula is C25H26Cl2N4OS. The van der Waals surface area contributed by atoms with E-state index in [1.807, 2.05) is 48.5 Å². The number of likely N-dealkylation sites (tertiary alicyclic amines) is 1. The number of rotatable bonds is 8. The molecule has 172 valence electrons. The van der Waals surface area contributed by atoms with Crippen LogP contribution in [0.3, 0.4) is 0 Å². The highest BCUT2D eigenvalue weighted by Gasteiger charge is 2.29. The molecule has 2 heterocycles. The monoisotopic (exact) mass is 500 g/mol. The highest BCUT2D eigenvalue weighted by atomic mass is 35.5. The molecule has 1 N–H and O–H groups in total. The lowest BCUT2D eigenvalue weighted by Gasteiger charge is -2.19. The van der Waals surface area contributed by atoms with Crippen molar-refractivity contribution in [2.45, 2.75) is 24.0 Å². The largest absolute Gasteiger partial charge is 0.354 e. The first kappa shape index (κ1) is 24.0. The van der Waals surface area contributed by atoms with Crippen molar-refractivity contribution in [2.75, 3.05) is 25.9 Å². The van der Waals surface area contributed by atoms with Gasteiger partial charge in [0.1, 0.15) is 0 Å². The fourth-order valence-corrected chi connectivity index (χ4v) is 5.10. The number of amides is 1. The molecule has 0 saturated carbocycles. The molecule has 1 saturated heterocycles. The minimum absolute atomic E-state index is 0.00271. The zero-order valence-electron chi connectivity index (χ0n) is 18.4. The quantitative estimate of drug-likeness (QED) is 0.339. The van der Waals surface area contributed by atoms with E-state index < -0.39 is 0 Å². The van der Waals surface area contributed by atoms with Crippen molar-refractivity contribution in [3.63, 3.8) is 0 Å². The number of nitrogens with one attached hydrogen (secondary N) is 1. The summed E-state index contributed by atoms with van der Waals surface area (Å²) in [5.74, 6) is 0.825. The maximum Gasteiger partial charge on any atom is 0.230 e. The van der Waals surface area contributed by atoms with Gasteiger partial charge < -0.3 is 10.2 Å². The van der Waals surface area contributed by atoms with Crippen LogP contribution in [0.2, 0.25) is 10.0 Å². The lowest BCUT2D eigenvalue weighted by molar-refractivity contribution is -0.118. The van der Waals surface area contributed by atoms with Gasteiger partial charge in [-0.05, 0) is 49.1 Å². The summed E-state index contributed by atoms with van der Waals surface area (Å²) in [6.45, 7) is 1.64. The Bertz CT molecular complexity index is 1080. The Morgan fingerprint density at radius 3 is 2.58 bits per heavy atom. The zero-order valence-corrected chi connectivity index (χ0v) is 20.7. The van der Waals surface area contributed by atoms with E-state index in [-0.39, 0.29) is 5.91 Å². The fourth-order valence-electron chi connectivity index (χ4n) is 4.17. The van der Waals surface area contributed by atoms with E-state index in [1.54, 1.807) is 12.4 Å². The molecule has 8 heteroatoms. The van der Waals surface area contributed by atoms with Gasteiger partial charge in [0, 0.05) is 37.1 Å². The molecule has 0 bridgehead atoms. The van der Waals surface area contributed by atoms with Gasteiger partial charge in [0.15, 0.2) is 5.16 Å². The molecule has 0 spiro atoms. The minimum atomic E-state index is -0.00271. The molecule has 1 aliphatic rings. The van der Waals surface area contributed by atoms with Crippen molar-refractivity contribution in [3.05, 3.63) is 76.5 Å². The molecule has 5 nitrogen and oxygen atoms in total. The van der Waals surface area contributed by atoms with Gasteiger partial charge in [0.05, 0.1) is 15.8 Å². The van der Waals surface area contributed by atoms with Crippen molar-refractivity contribution in [3.8, 4) is 11.1 Å². The summed E-state index contributed by atoms with van der Waals surface area (Å²) < 4.78 is 0. The summed E-state index contributed by atoms with van der Waals surface area (Å²) in [7, 11) is 2.11. The number of hydrogen-bond donors (Lipinski definition) is 1. The van der Waals surface area contributed by atoms with Gasteiger partial charge in [-0.3, -0.25) is 4.79 Å². The van der Waals surface area contributed by atoms with Crippen LogP contribution in [0.4, 0.5) is 0 Å². The number of carbonyl (C=O) groups excluding carboxylic acids is 1. The first-order chi connectivity index (χ1) is 16.0. The second-order valence-electron chi connectivity index (χ2n) is 8.36. The Morgan fingerprint density at radius 1 is 1.09 bits per heavy atom. The van der Waals surface area contributed by atoms with Crippen molar-refractivity contribution < 1.29 is 4.79 Å². The van der Waals surface area contributed by atoms with Crippen LogP contribution in [-0.4, -0.2) is 52.7 Å². The molecule has 33 heavy (non-hydrogen) atoms. The summed E-state index contributed by atoms with van der Waals surface area (Å²) in [6.07, 6.45) is 5.58. The first-order valence-electron chi connectivity index (χ1n) is 10.9. The normalized spacial score (nSPS) is 18.4. The SMILES string of the molecule is CN1C[C@@H](Cc2ccc(Cl)c(Cl)c2)CC1CNC(=O)CSc1ncc(-c2ccccc2)cn1. The Hall–Kier alpha value is -2.12. The standard InChI is InChI=1S/C25H26Cl2N4OS/c1-31-15-18(9-17-7-8-22(26)23(27)11-17)10-21(31)14-28-24(32)16-33-25-29-12-20(13-30-25)19-5-3-2-4-6-19/h2-8,11-13,18,21H,9-10,14-16H2,1H3,(H,28,32)/t18-,21?/m0/s1. The summed E-state index contributed by atoms with van der Waals surface area (Å²) >= 11 is 13.5. The summed E-state index contributed by atoms with van der Waals surface area (Å²) in [4.78, 5) is 23.5. The molecule has 2 aromatic carbocycles. The van der Waals surface area contributed by atoms with Gasteiger partial charge in [0.2, 0.25) is 5.91 Å². The second kappa shape index (κ2) is 11.3. The number of benzene rings is 2. The number of carbonyl (C=O) groups is 1. The maximum absolute atomic E-state index is 12.4. The van der Waals surface area contributed by atoms with Crippen LogP contribution in [0.25, 0.3) is 11.1 Å². The third-order valence-corrected chi connectivity index (χ3v) is 7.50. The van der Waals surface area contributed by atoms with Gasteiger partial charge in [-0.2, -0.15) is 0 Å². The summed E-state index contributed by atoms with van der Waals surface area (Å²) in [6, 6.07) is 16.2. The van der Waals surface area contributed by atoms with Crippen LogP contribution in [0.15, 0.2) is 66.1 Å². The maximum atomic E-state index is 12.4. The topological polar surface area (TPSA) is 58.1 Å². The molecule has 1 fully saturated rings. The molecule has 1 aliphatic heterocycles. The van der Waals surface area contributed by atoms with Crippen LogP contribution < -0.4 is 5.32 Å². The predicted molar refractivity (Wildman–Crippen MR) is 136 cm³/mol. The van der Waals surface area contributed by atoms with Crippen molar-refractivity contribution in [2.24, 2.45) is 5.92 Å². The lowest BCUT2D eigenvalue weighted by Crippen LogP contribution is -2.38. The van der Waals surface area contributed by atoms with Crippen molar-refractivity contribution >= 4 is 40.9 Å². The summed E-state index contributed by atoms with van der Waals surface area (Å²) in [5.41, 5.74) is 3.23. The Kier molecular flexibility index (Phi) is 8.25. The van der Waals surface area contributed by atoms with E-state index in [1.165, 1.54) is 17.3 Å².